The first-order chi connectivity index (χ1) is 13.5. The van der Waals surface area contributed by atoms with Crippen molar-refractivity contribution in [2.24, 2.45) is 5.73 Å². The molecule has 1 aliphatic rings. The van der Waals surface area contributed by atoms with Gasteiger partial charge in [0.15, 0.2) is 0 Å². The predicted molar refractivity (Wildman–Crippen MR) is 109 cm³/mol. The highest BCUT2D eigenvalue weighted by atomic mass is 16.3. The summed E-state index contributed by atoms with van der Waals surface area (Å²) in [6.45, 7) is 2.51. The van der Waals surface area contributed by atoms with Gasteiger partial charge in [-0.3, -0.25) is 4.79 Å². The first-order valence-corrected chi connectivity index (χ1v) is 9.70. The van der Waals surface area contributed by atoms with Gasteiger partial charge in [-0.25, -0.2) is 4.79 Å². The summed E-state index contributed by atoms with van der Waals surface area (Å²) in [5, 5.41) is 12.4. The summed E-state index contributed by atoms with van der Waals surface area (Å²) in [6.07, 6.45) is 4.80. The number of anilines is 1. The maximum absolute atomic E-state index is 12.9. The molecule has 3 rings (SSSR count). The Hall–Kier alpha value is -3.02. The lowest BCUT2D eigenvalue weighted by Crippen LogP contribution is -2.46. The third-order valence-corrected chi connectivity index (χ3v) is 5.43. The fourth-order valence-electron chi connectivity index (χ4n) is 3.79. The van der Waals surface area contributed by atoms with Crippen molar-refractivity contribution in [2.75, 3.05) is 11.9 Å². The van der Waals surface area contributed by atoms with Crippen molar-refractivity contribution < 1.29 is 14.7 Å². The van der Waals surface area contributed by atoms with Gasteiger partial charge in [0.1, 0.15) is 5.75 Å². The van der Waals surface area contributed by atoms with Gasteiger partial charge in [-0.15, -0.1) is 0 Å². The number of urea groups is 1. The lowest BCUT2D eigenvalue weighted by Gasteiger charge is -2.36. The number of phenols is 1. The number of aryl methyl sites for hydroxylation is 1. The topological polar surface area (TPSA) is 95.7 Å². The van der Waals surface area contributed by atoms with Gasteiger partial charge in [-0.2, -0.15) is 0 Å². The number of likely N-dealkylation sites (tertiary alicyclic amines) is 1. The second-order valence-electron chi connectivity index (χ2n) is 7.32. The molecular formula is C22H27N3O3. The number of benzene rings is 2. The van der Waals surface area contributed by atoms with Gasteiger partial charge < -0.3 is 21.1 Å². The standard InChI is InChI=1S/C22H27N3O3/c1-15-19(21(23)27)6-4-7-20(15)24-22(28)25-14-3-2-5-17(25)11-8-16-9-12-18(26)13-10-16/h4,6-7,9-10,12-13,17,26H,2-3,5,8,11,14H2,1H3,(H2,23,27)(H,24,28). The summed E-state index contributed by atoms with van der Waals surface area (Å²) in [4.78, 5) is 26.4. The Bertz CT molecular complexity index is 849. The van der Waals surface area contributed by atoms with Crippen molar-refractivity contribution in [3.05, 3.63) is 59.2 Å². The van der Waals surface area contributed by atoms with Crippen LogP contribution >= 0.6 is 0 Å². The Morgan fingerprint density at radius 1 is 1.18 bits per heavy atom. The Balaban J connectivity index is 1.67. The molecule has 1 heterocycles. The van der Waals surface area contributed by atoms with Crippen LogP contribution in [0.4, 0.5) is 10.5 Å². The third-order valence-electron chi connectivity index (χ3n) is 5.43. The van der Waals surface area contributed by atoms with Gasteiger partial charge in [-0.05, 0) is 74.4 Å². The Morgan fingerprint density at radius 2 is 1.93 bits per heavy atom. The van der Waals surface area contributed by atoms with Crippen LogP contribution in [0.1, 0.15) is 47.2 Å². The molecule has 148 valence electrons. The van der Waals surface area contributed by atoms with E-state index in [1.54, 1.807) is 37.3 Å². The minimum Gasteiger partial charge on any atom is -0.508 e. The number of piperidine rings is 1. The molecule has 4 N–H and O–H groups in total. The largest absolute Gasteiger partial charge is 0.508 e. The van der Waals surface area contributed by atoms with Crippen molar-refractivity contribution in [3.8, 4) is 5.75 Å². The smallest absolute Gasteiger partial charge is 0.322 e. The number of nitrogens with zero attached hydrogens (tertiary/aromatic N) is 1. The fraction of sp³-hybridized carbons (Fsp3) is 0.364. The van der Waals surface area contributed by atoms with Gasteiger partial charge in [0, 0.05) is 23.8 Å². The van der Waals surface area contributed by atoms with Crippen LogP contribution in [0.5, 0.6) is 5.75 Å². The molecule has 1 saturated heterocycles. The van der Waals surface area contributed by atoms with Crippen molar-refractivity contribution in [2.45, 2.75) is 45.1 Å². The molecule has 6 nitrogen and oxygen atoms in total. The zero-order valence-corrected chi connectivity index (χ0v) is 16.1. The second-order valence-corrected chi connectivity index (χ2v) is 7.32. The molecule has 1 unspecified atom stereocenters. The minimum absolute atomic E-state index is 0.139. The Kier molecular flexibility index (Phi) is 6.19. The SMILES string of the molecule is Cc1c(NC(=O)N2CCCCC2CCc2ccc(O)cc2)cccc1C(N)=O. The minimum atomic E-state index is -0.502. The quantitative estimate of drug-likeness (QED) is 0.735. The van der Waals surface area contributed by atoms with Crippen molar-refractivity contribution in [1.29, 1.82) is 0 Å². The van der Waals surface area contributed by atoms with E-state index < -0.39 is 5.91 Å². The molecule has 1 fully saturated rings. The fourth-order valence-corrected chi connectivity index (χ4v) is 3.79. The highest BCUT2D eigenvalue weighted by Gasteiger charge is 2.27. The zero-order valence-electron chi connectivity index (χ0n) is 16.1. The number of hydrogen-bond acceptors (Lipinski definition) is 3. The number of amides is 3. The molecule has 1 aliphatic heterocycles. The summed E-state index contributed by atoms with van der Waals surface area (Å²) in [6, 6.07) is 12.4. The van der Waals surface area contributed by atoms with Gasteiger partial charge >= 0.3 is 6.03 Å². The van der Waals surface area contributed by atoms with Crippen LogP contribution in [-0.4, -0.2) is 34.5 Å². The lowest BCUT2D eigenvalue weighted by atomic mass is 9.96. The van der Waals surface area contributed by atoms with Crippen LogP contribution in [0.3, 0.4) is 0 Å². The predicted octanol–water partition coefficient (Wildman–Crippen LogP) is 3.82. The normalized spacial score (nSPS) is 16.6. The van der Waals surface area contributed by atoms with Crippen LogP contribution in [0.25, 0.3) is 0 Å². The van der Waals surface area contributed by atoms with Crippen molar-refractivity contribution in [1.82, 2.24) is 4.90 Å². The first kappa shape index (κ1) is 19.7. The van der Waals surface area contributed by atoms with Crippen molar-refractivity contribution >= 4 is 17.6 Å². The van der Waals surface area contributed by atoms with Crippen LogP contribution in [0.15, 0.2) is 42.5 Å². The molecule has 0 aromatic heterocycles. The number of hydrogen-bond donors (Lipinski definition) is 3. The molecule has 3 amide bonds. The van der Waals surface area contributed by atoms with E-state index in [9.17, 15) is 14.7 Å². The number of primary amides is 1. The van der Waals surface area contributed by atoms with E-state index in [-0.39, 0.29) is 17.8 Å². The van der Waals surface area contributed by atoms with Crippen LogP contribution < -0.4 is 11.1 Å². The first-order valence-electron chi connectivity index (χ1n) is 9.70. The van der Waals surface area contributed by atoms with Gasteiger partial charge in [0.2, 0.25) is 5.91 Å². The van der Waals surface area contributed by atoms with E-state index in [0.29, 0.717) is 16.8 Å². The number of rotatable bonds is 5. The average molecular weight is 381 g/mol. The monoisotopic (exact) mass is 381 g/mol. The number of carbonyl (C=O) groups excluding carboxylic acids is 2. The maximum Gasteiger partial charge on any atom is 0.322 e. The molecule has 0 spiro atoms. The van der Waals surface area contributed by atoms with E-state index in [1.807, 2.05) is 17.0 Å². The van der Waals surface area contributed by atoms with E-state index in [4.69, 9.17) is 5.73 Å². The summed E-state index contributed by atoms with van der Waals surface area (Å²) in [5.41, 5.74) is 8.27. The molecule has 28 heavy (non-hydrogen) atoms. The van der Waals surface area contributed by atoms with Gasteiger partial charge in [0.25, 0.3) is 0 Å². The number of nitrogens with two attached hydrogens (primary N) is 1. The zero-order chi connectivity index (χ0) is 20.1. The van der Waals surface area contributed by atoms with E-state index in [2.05, 4.69) is 5.32 Å². The van der Waals surface area contributed by atoms with Crippen LogP contribution in [0, 0.1) is 6.92 Å². The summed E-state index contributed by atoms with van der Waals surface area (Å²) in [7, 11) is 0. The number of nitrogens with one attached hydrogen (secondary N) is 1. The van der Waals surface area contributed by atoms with Gasteiger partial charge in [0.05, 0.1) is 0 Å². The molecule has 0 radical (unpaired) electrons. The van der Waals surface area contributed by atoms with E-state index in [1.165, 1.54) is 0 Å². The van der Waals surface area contributed by atoms with Crippen LogP contribution in [-0.2, 0) is 6.42 Å². The summed E-state index contributed by atoms with van der Waals surface area (Å²) < 4.78 is 0. The third kappa shape index (κ3) is 4.63. The summed E-state index contributed by atoms with van der Waals surface area (Å²) in [5.74, 6) is -0.241. The maximum atomic E-state index is 12.9. The Labute approximate surface area is 165 Å². The Morgan fingerprint density at radius 3 is 2.64 bits per heavy atom. The highest BCUT2D eigenvalue weighted by molar-refractivity contribution is 5.98. The van der Waals surface area contributed by atoms with Crippen LogP contribution in [0.2, 0.25) is 0 Å². The van der Waals surface area contributed by atoms with E-state index >= 15 is 0 Å². The highest BCUT2D eigenvalue weighted by Crippen LogP contribution is 2.24. The molecule has 6 heteroatoms. The lowest BCUT2D eigenvalue weighted by molar-refractivity contribution is 0.0999. The summed E-state index contributed by atoms with van der Waals surface area (Å²) >= 11 is 0. The van der Waals surface area contributed by atoms with E-state index in [0.717, 1.165) is 44.2 Å². The molecule has 2 aromatic rings. The molecule has 0 bridgehead atoms. The molecule has 0 saturated carbocycles. The van der Waals surface area contributed by atoms with Gasteiger partial charge in [-0.1, -0.05) is 18.2 Å². The molecule has 1 atom stereocenters. The molecule has 2 aromatic carbocycles. The average Bonchev–Trinajstić information content (AvgIpc) is 2.69. The number of carbonyl (C=O) groups is 2. The molecular weight excluding hydrogens is 354 g/mol. The molecule has 0 aliphatic carbocycles. The number of phenolic OH excluding ortho intramolecular Hbond substituents is 1. The van der Waals surface area contributed by atoms with Crippen molar-refractivity contribution in [3.63, 3.8) is 0 Å². The second kappa shape index (κ2) is 8.78. The number of aromatic hydroxyl groups is 1.